The number of hydrogen-bond acceptors (Lipinski definition) is 4. The van der Waals surface area contributed by atoms with Crippen molar-refractivity contribution < 1.29 is 18.3 Å². The molecule has 0 amide bonds. The maximum atomic E-state index is 12.8. The Bertz CT molecular complexity index is 689. The third kappa shape index (κ3) is 4.56. The summed E-state index contributed by atoms with van der Waals surface area (Å²) in [6.45, 7) is 2.18. The highest BCUT2D eigenvalue weighted by Gasteiger charge is 2.30. The number of hydrogen-bond donors (Lipinski definition) is 2. The zero-order valence-electron chi connectivity index (χ0n) is 13.6. The Labute approximate surface area is 138 Å². The molecule has 7 heteroatoms. The largest absolute Gasteiger partial charge is 0.416 e. The molecule has 1 atom stereocenters. The van der Waals surface area contributed by atoms with E-state index in [2.05, 4.69) is 16.9 Å². The number of rotatable bonds is 7. The van der Waals surface area contributed by atoms with E-state index in [1.807, 2.05) is 0 Å². The molecule has 132 valence electrons. The van der Waals surface area contributed by atoms with Gasteiger partial charge in [0, 0.05) is 12.0 Å². The number of aliphatic hydroxyl groups excluding tert-OH is 1. The summed E-state index contributed by atoms with van der Waals surface area (Å²) in [7, 11) is 0. The fraction of sp³-hybridized carbons (Fsp3) is 0.529. The van der Waals surface area contributed by atoms with Crippen LogP contribution in [0, 0.1) is 5.92 Å². The fourth-order valence-corrected chi connectivity index (χ4v) is 2.74. The van der Waals surface area contributed by atoms with E-state index in [1.165, 1.54) is 6.07 Å². The highest BCUT2D eigenvalue weighted by Crippen LogP contribution is 2.32. The number of unbranched alkanes of at least 4 members (excludes halogenated alkanes) is 1. The predicted octanol–water partition coefficient (Wildman–Crippen LogP) is 3.96. The molecule has 0 spiro atoms. The first kappa shape index (κ1) is 18.4. The lowest BCUT2D eigenvalue weighted by Crippen LogP contribution is -2.10. The van der Waals surface area contributed by atoms with E-state index in [9.17, 15) is 18.3 Å². The molecule has 24 heavy (non-hydrogen) atoms. The maximum Gasteiger partial charge on any atom is 0.416 e. The third-order valence-electron chi connectivity index (χ3n) is 4.13. The third-order valence-corrected chi connectivity index (χ3v) is 4.13. The number of halogens is 3. The lowest BCUT2D eigenvalue weighted by Gasteiger charge is -2.14. The summed E-state index contributed by atoms with van der Waals surface area (Å²) in [4.78, 5) is 8.11. The van der Waals surface area contributed by atoms with Crippen LogP contribution in [0.15, 0.2) is 18.2 Å². The first-order valence-corrected chi connectivity index (χ1v) is 8.09. The van der Waals surface area contributed by atoms with Gasteiger partial charge in [-0.15, -0.1) is 0 Å². The van der Waals surface area contributed by atoms with Gasteiger partial charge in [0.1, 0.15) is 0 Å². The topological polar surface area (TPSA) is 72.0 Å². The molecule has 1 aromatic carbocycles. The van der Waals surface area contributed by atoms with Crippen LogP contribution in [-0.4, -0.2) is 21.7 Å². The van der Waals surface area contributed by atoms with Gasteiger partial charge in [-0.25, -0.2) is 9.97 Å². The lowest BCUT2D eigenvalue weighted by atomic mass is 9.95. The van der Waals surface area contributed by atoms with Gasteiger partial charge >= 0.3 is 6.18 Å². The molecule has 0 unspecified atom stereocenters. The zero-order chi connectivity index (χ0) is 17.7. The van der Waals surface area contributed by atoms with Crippen LogP contribution < -0.4 is 5.73 Å². The SMILES string of the molecule is CCCC[C@H](CO)CCc1nc(N)nc2cc(C(F)(F)F)ccc12. The van der Waals surface area contributed by atoms with Gasteiger partial charge in [-0.3, -0.25) is 0 Å². The summed E-state index contributed by atoms with van der Waals surface area (Å²) in [5.74, 6) is 0.122. The molecular formula is C17H22F3N3O. The molecule has 2 aromatic rings. The van der Waals surface area contributed by atoms with Crippen LogP contribution in [0.3, 0.4) is 0 Å². The van der Waals surface area contributed by atoms with Gasteiger partial charge < -0.3 is 10.8 Å². The molecule has 0 aliphatic carbocycles. The Morgan fingerprint density at radius 1 is 1.21 bits per heavy atom. The van der Waals surface area contributed by atoms with Gasteiger partial charge in [0.25, 0.3) is 0 Å². The second kappa shape index (κ2) is 7.79. The van der Waals surface area contributed by atoms with Crippen molar-refractivity contribution >= 4 is 16.9 Å². The normalized spacial score (nSPS) is 13.4. The van der Waals surface area contributed by atoms with Gasteiger partial charge in [0.15, 0.2) is 0 Å². The average Bonchev–Trinajstić information content (AvgIpc) is 2.53. The molecule has 2 rings (SSSR count). The zero-order valence-corrected chi connectivity index (χ0v) is 13.6. The highest BCUT2D eigenvalue weighted by atomic mass is 19.4. The number of aryl methyl sites for hydroxylation is 1. The summed E-state index contributed by atoms with van der Waals surface area (Å²) in [5.41, 5.74) is 5.72. The van der Waals surface area contributed by atoms with Crippen LogP contribution in [0.2, 0.25) is 0 Å². The van der Waals surface area contributed by atoms with Crippen molar-refractivity contribution in [2.45, 2.75) is 45.2 Å². The Balaban J connectivity index is 2.26. The van der Waals surface area contributed by atoms with Gasteiger partial charge in [-0.1, -0.05) is 25.8 Å². The predicted molar refractivity (Wildman–Crippen MR) is 87.4 cm³/mol. The number of nitrogens with two attached hydrogens (primary N) is 1. The Morgan fingerprint density at radius 3 is 2.58 bits per heavy atom. The summed E-state index contributed by atoms with van der Waals surface area (Å²) < 4.78 is 38.5. The summed E-state index contributed by atoms with van der Waals surface area (Å²) in [6.07, 6.45) is -0.153. The van der Waals surface area contributed by atoms with Crippen LogP contribution in [0.5, 0.6) is 0 Å². The fourth-order valence-electron chi connectivity index (χ4n) is 2.74. The van der Waals surface area contributed by atoms with E-state index in [0.717, 1.165) is 31.4 Å². The Morgan fingerprint density at radius 2 is 1.96 bits per heavy atom. The first-order valence-electron chi connectivity index (χ1n) is 8.09. The molecule has 0 aliphatic rings. The van der Waals surface area contributed by atoms with Gasteiger partial charge in [0.05, 0.1) is 16.8 Å². The molecule has 0 bridgehead atoms. The molecular weight excluding hydrogens is 319 g/mol. The Kier molecular flexibility index (Phi) is 5.99. The number of anilines is 1. The van der Waals surface area contributed by atoms with E-state index in [4.69, 9.17) is 5.73 Å². The summed E-state index contributed by atoms with van der Waals surface area (Å²) in [6, 6.07) is 3.43. The quantitative estimate of drug-likeness (QED) is 0.799. The lowest BCUT2D eigenvalue weighted by molar-refractivity contribution is -0.137. The van der Waals surface area contributed by atoms with Crippen LogP contribution >= 0.6 is 0 Å². The molecule has 4 nitrogen and oxygen atoms in total. The van der Waals surface area contributed by atoms with Crippen LogP contribution in [0.4, 0.5) is 19.1 Å². The van der Waals surface area contributed by atoms with Crippen molar-refractivity contribution in [3.05, 3.63) is 29.5 Å². The second-order valence-corrected chi connectivity index (χ2v) is 5.99. The van der Waals surface area contributed by atoms with E-state index in [-0.39, 0.29) is 24.0 Å². The van der Waals surface area contributed by atoms with Crippen molar-refractivity contribution in [1.82, 2.24) is 9.97 Å². The van der Waals surface area contributed by atoms with Crippen molar-refractivity contribution in [1.29, 1.82) is 0 Å². The second-order valence-electron chi connectivity index (χ2n) is 5.99. The van der Waals surface area contributed by atoms with E-state index >= 15 is 0 Å². The van der Waals surface area contributed by atoms with Gasteiger partial charge in [0.2, 0.25) is 5.95 Å². The number of fused-ring (bicyclic) bond motifs is 1. The standard InChI is InChI=1S/C17H22F3N3O/c1-2-3-4-11(10-24)5-8-14-13-7-6-12(17(18,19)20)9-15(13)23-16(21)22-14/h6-7,9,11,24H,2-5,8,10H2,1H3,(H2,21,22,23)/t11-/m0/s1. The molecule has 0 radical (unpaired) electrons. The maximum absolute atomic E-state index is 12.8. The van der Waals surface area contributed by atoms with Gasteiger partial charge in [-0.05, 0) is 37.3 Å². The van der Waals surface area contributed by atoms with Crippen LogP contribution in [0.25, 0.3) is 10.9 Å². The number of benzene rings is 1. The highest BCUT2D eigenvalue weighted by molar-refractivity contribution is 5.82. The van der Waals surface area contributed by atoms with Crippen molar-refractivity contribution in [3.63, 3.8) is 0 Å². The smallest absolute Gasteiger partial charge is 0.396 e. The van der Waals surface area contributed by atoms with Crippen molar-refractivity contribution in [2.24, 2.45) is 5.92 Å². The minimum absolute atomic E-state index is 0.0362. The monoisotopic (exact) mass is 341 g/mol. The average molecular weight is 341 g/mol. The van der Waals surface area contributed by atoms with E-state index in [0.29, 0.717) is 23.9 Å². The molecule has 1 aromatic heterocycles. The van der Waals surface area contributed by atoms with E-state index < -0.39 is 11.7 Å². The molecule has 0 saturated carbocycles. The molecule has 1 heterocycles. The number of nitrogen functional groups attached to an aromatic ring is 1. The summed E-state index contributed by atoms with van der Waals surface area (Å²) >= 11 is 0. The van der Waals surface area contributed by atoms with Gasteiger partial charge in [-0.2, -0.15) is 13.2 Å². The van der Waals surface area contributed by atoms with Crippen LogP contribution in [-0.2, 0) is 12.6 Å². The molecule has 3 N–H and O–H groups in total. The molecule has 0 fully saturated rings. The van der Waals surface area contributed by atoms with E-state index in [1.54, 1.807) is 0 Å². The first-order chi connectivity index (χ1) is 11.3. The number of alkyl halides is 3. The molecule has 0 aliphatic heterocycles. The summed E-state index contributed by atoms with van der Waals surface area (Å²) in [5, 5.41) is 10.0. The van der Waals surface area contributed by atoms with Crippen LogP contribution in [0.1, 0.15) is 43.9 Å². The number of aromatic nitrogens is 2. The Hall–Kier alpha value is -1.89. The minimum atomic E-state index is -4.42. The minimum Gasteiger partial charge on any atom is -0.396 e. The number of nitrogens with zero attached hydrogens (tertiary/aromatic N) is 2. The van der Waals surface area contributed by atoms with Crippen molar-refractivity contribution in [2.75, 3.05) is 12.3 Å². The van der Waals surface area contributed by atoms with Crippen molar-refractivity contribution in [3.8, 4) is 0 Å². The molecule has 0 saturated heterocycles. The number of aliphatic hydroxyl groups is 1.